The Kier molecular flexibility index (Phi) is 3.26. The minimum absolute atomic E-state index is 0.468. The minimum Gasteiger partial charge on any atom is -0.342 e. The molecule has 1 aromatic heterocycles. The molecule has 1 fully saturated rings. The Balaban J connectivity index is 2.00. The first kappa shape index (κ1) is 12.6. The van der Waals surface area contributed by atoms with Crippen molar-refractivity contribution < 1.29 is 9.47 Å². The van der Waals surface area contributed by atoms with Crippen molar-refractivity contribution in [3.63, 3.8) is 0 Å². The standard InChI is InChI=1S/C13H14ClN3O2/c1-10-6-11(14)2-3-12(10)13(18-4-5-19-13)7-17-9-15-8-16-17/h2-3,6,8-9H,4-5,7H2,1H3. The van der Waals surface area contributed by atoms with Crippen molar-refractivity contribution in [2.45, 2.75) is 19.3 Å². The second-order valence-electron chi connectivity index (χ2n) is 4.50. The molecular weight excluding hydrogens is 266 g/mol. The molecular formula is C13H14ClN3O2. The summed E-state index contributed by atoms with van der Waals surface area (Å²) in [5.41, 5.74) is 2.01. The fourth-order valence-electron chi connectivity index (χ4n) is 2.37. The SMILES string of the molecule is Cc1cc(Cl)ccc1C1(Cn2cncn2)OCCO1. The lowest BCUT2D eigenvalue weighted by atomic mass is 10.00. The molecule has 1 aliphatic heterocycles. The molecule has 2 aromatic rings. The second-order valence-corrected chi connectivity index (χ2v) is 4.94. The van der Waals surface area contributed by atoms with E-state index in [1.807, 2.05) is 25.1 Å². The highest BCUT2D eigenvalue weighted by atomic mass is 35.5. The second kappa shape index (κ2) is 4.92. The molecule has 0 aliphatic carbocycles. The zero-order valence-corrected chi connectivity index (χ0v) is 11.3. The number of halogens is 1. The molecule has 0 N–H and O–H groups in total. The summed E-state index contributed by atoms with van der Waals surface area (Å²) >= 11 is 6.00. The van der Waals surface area contributed by atoms with Crippen LogP contribution in [-0.4, -0.2) is 28.0 Å². The van der Waals surface area contributed by atoms with Crippen molar-refractivity contribution in [1.29, 1.82) is 0 Å². The Morgan fingerprint density at radius 1 is 1.37 bits per heavy atom. The highest BCUT2D eigenvalue weighted by molar-refractivity contribution is 6.30. The summed E-state index contributed by atoms with van der Waals surface area (Å²) in [6.45, 7) is 3.60. The van der Waals surface area contributed by atoms with Gasteiger partial charge >= 0.3 is 0 Å². The van der Waals surface area contributed by atoms with Crippen LogP contribution >= 0.6 is 11.6 Å². The zero-order valence-electron chi connectivity index (χ0n) is 10.5. The molecule has 0 atom stereocenters. The summed E-state index contributed by atoms with van der Waals surface area (Å²) in [4.78, 5) is 3.95. The van der Waals surface area contributed by atoms with Gasteiger partial charge in [-0.3, -0.25) is 0 Å². The maximum absolute atomic E-state index is 6.00. The van der Waals surface area contributed by atoms with E-state index in [0.29, 0.717) is 24.8 Å². The van der Waals surface area contributed by atoms with Gasteiger partial charge in [0, 0.05) is 10.6 Å². The minimum atomic E-state index is -0.803. The lowest BCUT2D eigenvalue weighted by molar-refractivity contribution is -0.178. The lowest BCUT2D eigenvalue weighted by Gasteiger charge is -2.29. The summed E-state index contributed by atoms with van der Waals surface area (Å²) in [5, 5.41) is 4.82. The Hall–Kier alpha value is -1.43. The number of aromatic nitrogens is 3. The van der Waals surface area contributed by atoms with E-state index in [1.165, 1.54) is 6.33 Å². The smallest absolute Gasteiger partial charge is 0.215 e. The van der Waals surface area contributed by atoms with Crippen molar-refractivity contribution in [3.8, 4) is 0 Å². The van der Waals surface area contributed by atoms with Gasteiger partial charge in [-0.25, -0.2) is 9.67 Å². The quantitative estimate of drug-likeness (QED) is 0.864. The van der Waals surface area contributed by atoms with E-state index in [4.69, 9.17) is 21.1 Å². The Bertz CT molecular complexity index is 565. The number of benzene rings is 1. The van der Waals surface area contributed by atoms with Crippen molar-refractivity contribution >= 4 is 11.6 Å². The van der Waals surface area contributed by atoms with Gasteiger partial charge in [-0.2, -0.15) is 5.10 Å². The zero-order chi connectivity index (χ0) is 13.3. The van der Waals surface area contributed by atoms with Crippen LogP contribution in [-0.2, 0) is 21.8 Å². The van der Waals surface area contributed by atoms with Crippen LogP contribution in [0.25, 0.3) is 0 Å². The van der Waals surface area contributed by atoms with Crippen LogP contribution in [0.4, 0.5) is 0 Å². The molecule has 19 heavy (non-hydrogen) atoms. The van der Waals surface area contributed by atoms with Crippen LogP contribution < -0.4 is 0 Å². The van der Waals surface area contributed by atoms with Crippen molar-refractivity contribution in [2.24, 2.45) is 0 Å². The third kappa shape index (κ3) is 2.36. The van der Waals surface area contributed by atoms with Crippen molar-refractivity contribution in [3.05, 3.63) is 47.0 Å². The first-order valence-electron chi connectivity index (χ1n) is 6.07. The predicted molar refractivity (Wildman–Crippen MR) is 69.8 cm³/mol. The highest BCUT2D eigenvalue weighted by Crippen LogP contribution is 2.35. The first-order chi connectivity index (χ1) is 9.20. The third-order valence-corrected chi connectivity index (χ3v) is 3.42. The molecule has 0 radical (unpaired) electrons. The van der Waals surface area contributed by atoms with Gasteiger partial charge in [-0.1, -0.05) is 17.7 Å². The molecule has 0 amide bonds. The van der Waals surface area contributed by atoms with E-state index in [2.05, 4.69) is 10.1 Å². The Morgan fingerprint density at radius 3 is 2.79 bits per heavy atom. The van der Waals surface area contributed by atoms with Crippen molar-refractivity contribution in [2.75, 3.05) is 13.2 Å². The summed E-state index contributed by atoms with van der Waals surface area (Å²) in [6, 6.07) is 5.70. The maximum Gasteiger partial charge on any atom is 0.215 e. The molecule has 100 valence electrons. The normalized spacial score (nSPS) is 17.8. The number of aryl methyl sites for hydroxylation is 1. The van der Waals surface area contributed by atoms with E-state index in [9.17, 15) is 0 Å². The molecule has 1 aromatic carbocycles. The van der Waals surface area contributed by atoms with Gasteiger partial charge in [-0.05, 0) is 24.6 Å². The van der Waals surface area contributed by atoms with Crippen molar-refractivity contribution in [1.82, 2.24) is 14.8 Å². The van der Waals surface area contributed by atoms with Crippen LogP contribution in [0.2, 0.25) is 5.02 Å². The van der Waals surface area contributed by atoms with Gasteiger partial charge in [0.25, 0.3) is 0 Å². The number of nitrogens with zero attached hydrogens (tertiary/aromatic N) is 3. The molecule has 0 saturated carbocycles. The van der Waals surface area contributed by atoms with Crippen LogP contribution in [0.3, 0.4) is 0 Å². The molecule has 0 spiro atoms. The van der Waals surface area contributed by atoms with Crippen LogP contribution in [0.5, 0.6) is 0 Å². The molecule has 1 aliphatic rings. The summed E-state index contributed by atoms with van der Waals surface area (Å²) in [6.07, 6.45) is 3.15. The third-order valence-electron chi connectivity index (χ3n) is 3.19. The van der Waals surface area contributed by atoms with E-state index in [-0.39, 0.29) is 0 Å². The van der Waals surface area contributed by atoms with E-state index in [0.717, 1.165) is 11.1 Å². The number of rotatable bonds is 3. The topological polar surface area (TPSA) is 49.2 Å². The van der Waals surface area contributed by atoms with Gasteiger partial charge in [-0.15, -0.1) is 0 Å². The molecule has 6 heteroatoms. The van der Waals surface area contributed by atoms with Crippen LogP contribution in [0.15, 0.2) is 30.9 Å². The fraction of sp³-hybridized carbons (Fsp3) is 0.385. The molecule has 3 rings (SSSR count). The van der Waals surface area contributed by atoms with Gasteiger partial charge in [0.15, 0.2) is 0 Å². The molecule has 2 heterocycles. The molecule has 0 unspecified atom stereocenters. The number of hydrogen-bond donors (Lipinski definition) is 0. The average Bonchev–Trinajstić information content (AvgIpc) is 3.02. The lowest BCUT2D eigenvalue weighted by Crippen LogP contribution is -2.33. The average molecular weight is 280 g/mol. The van der Waals surface area contributed by atoms with Crippen LogP contribution in [0, 0.1) is 6.92 Å². The van der Waals surface area contributed by atoms with Gasteiger partial charge < -0.3 is 9.47 Å². The number of ether oxygens (including phenoxy) is 2. The highest BCUT2D eigenvalue weighted by Gasteiger charge is 2.40. The molecule has 0 bridgehead atoms. The molecule has 1 saturated heterocycles. The van der Waals surface area contributed by atoms with E-state index in [1.54, 1.807) is 11.0 Å². The van der Waals surface area contributed by atoms with E-state index < -0.39 is 5.79 Å². The summed E-state index contributed by atoms with van der Waals surface area (Å²) in [7, 11) is 0. The number of hydrogen-bond acceptors (Lipinski definition) is 4. The largest absolute Gasteiger partial charge is 0.342 e. The van der Waals surface area contributed by atoms with Gasteiger partial charge in [0.2, 0.25) is 5.79 Å². The summed E-state index contributed by atoms with van der Waals surface area (Å²) in [5.74, 6) is -0.803. The monoisotopic (exact) mass is 279 g/mol. The van der Waals surface area contributed by atoms with Gasteiger partial charge in [0.1, 0.15) is 19.2 Å². The van der Waals surface area contributed by atoms with E-state index >= 15 is 0 Å². The Labute approximate surface area is 116 Å². The predicted octanol–water partition coefficient (Wildman–Crippen LogP) is 2.14. The van der Waals surface area contributed by atoms with Crippen LogP contribution in [0.1, 0.15) is 11.1 Å². The summed E-state index contributed by atoms with van der Waals surface area (Å²) < 4.78 is 13.4. The molecule has 5 nitrogen and oxygen atoms in total. The fourth-order valence-corrected chi connectivity index (χ4v) is 2.60. The maximum atomic E-state index is 6.00. The first-order valence-corrected chi connectivity index (χ1v) is 6.44. The Morgan fingerprint density at radius 2 is 2.16 bits per heavy atom. The van der Waals surface area contributed by atoms with Gasteiger partial charge in [0.05, 0.1) is 13.2 Å².